The van der Waals surface area contributed by atoms with E-state index in [0.717, 1.165) is 25.9 Å². The number of allylic oxidation sites excluding steroid dienone is 3. The zero-order valence-corrected chi connectivity index (χ0v) is 11.1. The van der Waals surface area contributed by atoms with Gasteiger partial charge in [-0.2, -0.15) is 0 Å². The SMILES string of the molecule is CCCCOC(CC1=CCC=C1)c1ccccc1. The van der Waals surface area contributed by atoms with Crippen molar-refractivity contribution in [3.8, 4) is 0 Å². The van der Waals surface area contributed by atoms with Crippen molar-refractivity contribution in [2.75, 3.05) is 6.61 Å². The molecule has 0 spiro atoms. The van der Waals surface area contributed by atoms with Gasteiger partial charge >= 0.3 is 0 Å². The van der Waals surface area contributed by atoms with Crippen LogP contribution in [0.3, 0.4) is 0 Å². The zero-order chi connectivity index (χ0) is 12.6. The van der Waals surface area contributed by atoms with Crippen molar-refractivity contribution in [2.45, 2.75) is 38.7 Å². The van der Waals surface area contributed by atoms with Crippen molar-refractivity contribution in [1.29, 1.82) is 0 Å². The molecule has 0 heterocycles. The van der Waals surface area contributed by atoms with Crippen LogP contribution in [0.1, 0.15) is 44.3 Å². The second-order valence-electron chi connectivity index (χ2n) is 4.74. The molecule has 96 valence electrons. The minimum Gasteiger partial charge on any atom is -0.373 e. The van der Waals surface area contributed by atoms with Crippen LogP contribution in [0.2, 0.25) is 0 Å². The van der Waals surface area contributed by atoms with Gasteiger partial charge < -0.3 is 4.74 Å². The molecule has 0 N–H and O–H groups in total. The summed E-state index contributed by atoms with van der Waals surface area (Å²) in [5.74, 6) is 0. The van der Waals surface area contributed by atoms with Gasteiger partial charge in [0.25, 0.3) is 0 Å². The summed E-state index contributed by atoms with van der Waals surface area (Å²) in [6.07, 6.45) is 11.3. The van der Waals surface area contributed by atoms with E-state index < -0.39 is 0 Å². The highest BCUT2D eigenvalue weighted by atomic mass is 16.5. The highest BCUT2D eigenvalue weighted by molar-refractivity contribution is 5.29. The Labute approximate surface area is 110 Å². The average molecular weight is 242 g/mol. The van der Waals surface area contributed by atoms with Crippen LogP contribution in [0.4, 0.5) is 0 Å². The summed E-state index contributed by atoms with van der Waals surface area (Å²) in [5.41, 5.74) is 2.69. The largest absolute Gasteiger partial charge is 0.373 e. The van der Waals surface area contributed by atoms with Crippen molar-refractivity contribution in [3.05, 3.63) is 59.7 Å². The summed E-state index contributed by atoms with van der Waals surface area (Å²) < 4.78 is 6.06. The molecule has 0 amide bonds. The number of benzene rings is 1. The van der Waals surface area contributed by atoms with Crippen LogP contribution in [-0.2, 0) is 4.74 Å². The first-order chi connectivity index (χ1) is 8.90. The van der Waals surface area contributed by atoms with Crippen LogP contribution >= 0.6 is 0 Å². The van der Waals surface area contributed by atoms with Gasteiger partial charge in [-0.1, -0.05) is 61.9 Å². The number of rotatable bonds is 7. The van der Waals surface area contributed by atoms with Crippen LogP contribution in [0, 0.1) is 0 Å². The third-order valence-corrected chi connectivity index (χ3v) is 3.26. The van der Waals surface area contributed by atoms with Gasteiger partial charge in [-0.3, -0.25) is 0 Å². The van der Waals surface area contributed by atoms with E-state index >= 15 is 0 Å². The van der Waals surface area contributed by atoms with Crippen molar-refractivity contribution < 1.29 is 4.74 Å². The summed E-state index contributed by atoms with van der Waals surface area (Å²) in [6, 6.07) is 10.6. The molecule has 1 aromatic carbocycles. The Kier molecular flexibility index (Phi) is 5.22. The second kappa shape index (κ2) is 7.17. The summed E-state index contributed by atoms with van der Waals surface area (Å²) in [6.45, 7) is 3.05. The fourth-order valence-corrected chi connectivity index (χ4v) is 2.18. The normalized spacial score (nSPS) is 15.7. The lowest BCUT2D eigenvalue weighted by molar-refractivity contribution is 0.0515. The molecule has 0 saturated heterocycles. The van der Waals surface area contributed by atoms with E-state index in [0.29, 0.717) is 0 Å². The molecular weight excluding hydrogens is 220 g/mol. The number of hydrogen-bond donors (Lipinski definition) is 0. The van der Waals surface area contributed by atoms with Gasteiger partial charge in [0.2, 0.25) is 0 Å². The van der Waals surface area contributed by atoms with Gasteiger partial charge in [0.05, 0.1) is 6.10 Å². The highest BCUT2D eigenvalue weighted by Gasteiger charge is 2.13. The molecule has 0 aliphatic heterocycles. The molecule has 1 aliphatic rings. The molecule has 2 rings (SSSR count). The first-order valence-corrected chi connectivity index (χ1v) is 6.92. The van der Waals surface area contributed by atoms with E-state index in [9.17, 15) is 0 Å². The molecule has 0 aromatic heterocycles. The van der Waals surface area contributed by atoms with Gasteiger partial charge in [-0.25, -0.2) is 0 Å². The Hall–Kier alpha value is -1.34. The molecule has 0 radical (unpaired) electrons. The van der Waals surface area contributed by atoms with Crippen LogP contribution < -0.4 is 0 Å². The van der Waals surface area contributed by atoms with Gasteiger partial charge in [0.1, 0.15) is 0 Å². The lowest BCUT2D eigenvalue weighted by Gasteiger charge is -2.18. The molecule has 18 heavy (non-hydrogen) atoms. The van der Waals surface area contributed by atoms with E-state index in [-0.39, 0.29) is 6.10 Å². The summed E-state index contributed by atoms with van der Waals surface area (Å²) >= 11 is 0. The molecule has 1 aliphatic carbocycles. The maximum Gasteiger partial charge on any atom is 0.0865 e. The molecule has 1 unspecified atom stereocenters. The summed E-state index contributed by atoms with van der Waals surface area (Å²) in [5, 5.41) is 0. The maximum atomic E-state index is 6.06. The monoisotopic (exact) mass is 242 g/mol. The molecule has 0 fully saturated rings. The Bertz CT molecular complexity index is 403. The first-order valence-electron chi connectivity index (χ1n) is 6.92. The predicted molar refractivity (Wildman–Crippen MR) is 76.5 cm³/mol. The number of ether oxygens (including phenoxy) is 1. The predicted octanol–water partition coefficient (Wildman–Crippen LogP) is 4.82. The molecule has 1 aromatic rings. The Balaban J connectivity index is 2.00. The lowest BCUT2D eigenvalue weighted by atomic mass is 10.0. The van der Waals surface area contributed by atoms with Gasteiger partial charge in [-0.15, -0.1) is 0 Å². The standard InChI is InChI=1S/C17H22O/c1-2-3-13-18-17(14-15-9-7-8-10-15)16-11-5-4-6-12-16/h4-7,9-12,17H,2-3,8,13-14H2,1H3. The van der Waals surface area contributed by atoms with E-state index in [4.69, 9.17) is 4.74 Å². The maximum absolute atomic E-state index is 6.06. The molecule has 1 heteroatoms. The highest BCUT2D eigenvalue weighted by Crippen LogP contribution is 2.27. The number of hydrogen-bond acceptors (Lipinski definition) is 1. The van der Waals surface area contributed by atoms with Crippen molar-refractivity contribution >= 4 is 0 Å². The Morgan fingerprint density at radius 2 is 2.06 bits per heavy atom. The summed E-state index contributed by atoms with van der Waals surface area (Å²) in [4.78, 5) is 0. The fourth-order valence-electron chi connectivity index (χ4n) is 2.18. The fraction of sp³-hybridized carbons (Fsp3) is 0.412. The lowest BCUT2D eigenvalue weighted by Crippen LogP contribution is -2.06. The Morgan fingerprint density at radius 1 is 1.22 bits per heavy atom. The van der Waals surface area contributed by atoms with Gasteiger partial charge in [0, 0.05) is 13.0 Å². The number of unbranched alkanes of at least 4 members (excludes halogenated alkanes) is 1. The minimum atomic E-state index is 0.201. The smallest absolute Gasteiger partial charge is 0.0865 e. The topological polar surface area (TPSA) is 9.23 Å². The third kappa shape index (κ3) is 3.85. The van der Waals surface area contributed by atoms with E-state index in [2.05, 4.69) is 55.5 Å². The first kappa shape index (κ1) is 13.1. The van der Waals surface area contributed by atoms with Crippen molar-refractivity contribution in [2.24, 2.45) is 0 Å². The van der Waals surface area contributed by atoms with Gasteiger partial charge in [-0.05, 0) is 24.0 Å². The van der Waals surface area contributed by atoms with Crippen LogP contribution in [0.5, 0.6) is 0 Å². The average Bonchev–Trinajstić information content (AvgIpc) is 2.92. The van der Waals surface area contributed by atoms with Crippen LogP contribution in [0.25, 0.3) is 0 Å². The molecule has 0 bridgehead atoms. The quantitative estimate of drug-likeness (QED) is 0.623. The molecule has 0 saturated carbocycles. The van der Waals surface area contributed by atoms with Crippen LogP contribution in [0.15, 0.2) is 54.1 Å². The van der Waals surface area contributed by atoms with E-state index in [1.807, 2.05) is 0 Å². The molecular formula is C17H22O. The molecule has 1 nitrogen and oxygen atoms in total. The van der Waals surface area contributed by atoms with E-state index in [1.165, 1.54) is 17.6 Å². The third-order valence-electron chi connectivity index (χ3n) is 3.26. The summed E-state index contributed by atoms with van der Waals surface area (Å²) in [7, 11) is 0. The zero-order valence-electron chi connectivity index (χ0n) is 11.1. The Morgan fingerprint density at radius 3 is 2.72 bits per heavy atom. The van der Waals surface area contributed by atoms with Gasteiger partial charge in [0.15, 0.2) is 0 Å². The minimum absolute atomic E-state index is 0.201. The van der Waals surface area contributed by atoms with E-state index in [1.54, 1.807) is 0 Å². The molecule has 1 atom stereocenters. The van der Waals surface area contributed by atoms with Crippen molar-refractivity contribution in [1.82, 2.24) is 0 Å². The second-order valence-corrected chi connectivity index (χ2v) is 4.74. The van der Waals surface area contributed by atoms with Crippen LogP contribution in [-0.4, -0.2) is 6.61 Å². The van der Waals surface area contributed by atoms with Crippen molar-refractivity contribution in [3.63, 3.8) is 0 Å².